The van der Waals surface area contributed by atoms with Crippen LogP contribution in [0.25, 0.3) is 55.7 Å². The molecule has 1 aliphatic heterocycles. The monoisotopic (exact) mass is 1060 g/mol. The number of carbonyl (C=O) groups excluding carboxylic acids is 2. The van der Waals surface area contributed by atoms with Crippen molar-refractivity contribution in [1.29, 1.82) is 0 Å². The molecule has 4 N–H and O–H groups in total. The molecule has 0 aliphatic carbocycles. The molecule has 0 saturated carbocycles. The predicted molar refractivity (Wildman–Crippen MR) is 276 cm³/mol. The van der Waals surface area contributed by atoms with E-state index in [1.165, 1.54) is 93.0 Å². The van der Waals surface area contributed by atoms with Crippen LogP contribution in [0.4, 0.5) is 17.6 Å². The highest BCUT2D eigenvalue weighted by Gasteiger charge is 2.52. The van der Waals surface area contributed by atoms with E-state index in [9.17, 15) is 45.9 Å². The van der Waals surface area contributed by atoms with Crippen LogP contribution in [0.2, 0.25) is 0 Å². The summed E-state index contributed by atoms with van der Waals surface area (Å²) in [7, 11) is -1.73. The number of rotatable bonds is 10. The van der Waals surface area contributed by atoms with Gasteiger partial charge in [-0.05, 0) is 155 Å². The van der Waals surface area contributed by atoms with Crippen LogP contribution in [0.15, 0.2) is 118 Å². The Bertz CT molecular complexity index is 3690. The van der Waals surface area contributed by atoms with Crippen molar-refractivity contribution in [3.8, 4) is 39.5 Å². The molecule has 2 aromatic heterocycles. The number of carboxylic acids is 2. The van der Waals surface area contributed by atoms with Crippen LogP contribution in [0, 0.1) is 37.1 Å². The zero-order valence-electron chi connectivity index (χ0n) is 42.3. The van der Waals surface area contributed by atoms with Gasteiger partial charge in [0.1, 0.15) is 40.1 Å². The normalized spacial score (nSPS) is 13.6. The minimum Gasteiger partial charge on any atom is -0.478 e. The van der Waals surface area contributed by atoms with E-state index in [1.54, 1.807) is 31.2 Å². The van der Waals surface area contributed by atoms with Crippen LogP contribution >= 0.6 is 0 Å². The van der Waals surface area contributed by atoms with Gasteiger partial charge in [0.2, 0.25) is 0 Å². The minimum atomic E-state index is -3.97. The van der Waals surface area contributed by atoms with Crippen LogP contribution < -0.4 is 20.3 Å². The lowest BCUT2D eigenvalue weighted by Crippen LogP contribution is -2.41. The summed E-state index contributed by atoms with van der Waals surface area (Å²) in [6, 6.07) is 25.2. The fraction of sp³-hybridized carbons (Fsp3) is 0.200. The highest BCUT2D eigenvalue weighted by atomic mass is 32.2. The third-order valence-corrected chi connectivity index (χ3v) is 13.2. The highest BCUT2D eigenvalue weighted by Crippen LogP contribution is 2.41. The van der Waals surface area contributed by atoms with Crippen molar-refractivity contribution in [2.45, 2.75) is 52.7 Å². The van der Waals surface area contributed by atoms with E-state index < -0.39 is 81.2 Å². The first kappa shape index (κ1) is 55.5. The fourth-order valence-corrected chi connectivity index (χ4v) is 8.51. The lowest BCUT2D eigenvalue weighted by atomic mass is 9.75. The second kappa shape index (κ2) is 21.5. The number of fused-ring (bicyclic) bond motifs is 2. The van der Waals surface area contributed by atoms with Gasteiger partial charge in [0.25, 0.3) is 11.8 Å². The summed E-state index contributed by atoms with van der Waals surface area (Å²) in [6.45, 7) is 11.6. The molecule has 394 valence electrons. The molecule has 8 aromatic rings. The Balaban J connectivity index is 0.000000171. The highest BCUT2D eigenvalue weighted by molar-refractivity contribution is 7.86. The first-order valence-electron chi connectivity index (χ1n) is 23.1. The molecule has 21 heteroatoms. The van der Waals surface area contributed by atoms with E-state index in [-0.39, 0.29) is 61.3 Å². The third kappa shape index (κ3) is 11.4. The second-order valence-corrected chi connectivity index (χ2v) is 20.0. The van der Waals surface area contributed by atoms with Crippen molar-refractivity contribution in [3.05, 3.63) is 166 Å². The number of aromatic carboxylic acids is 2. The van der Waals surface area contributed by atoms with Gasteiger partial charge >= 0.3 is 29.2 Å². The summed E-state index contributed by atoms with van der Waals surface area (Å²) in [6.07, 6.45) is 0.773. The zero-order chi connectivity index (χ0) is 55.8. The SMILES string of the molecule is CNC(=O)c1c(-c2ccc(F)cc2)oc2ccc(-c3cc(C(=O)O)ccc3C)c(F)c12.CNC(=O)c1c(-c2ccc(F)cc2)oc2ccc(OS(C)(=O)=O)c(F)c12.Cc1ccc(C(=O)O)cc1B1OC(C)(C)C(C)(C)O1. The van der Waals surface area contributed by atoms with E-state index in [0.29, 0.717) is 22.3 Å². The number of benzene rings is 6. The van der Waals surface area contributed by atoms with Gasteiger partial charge in [0.05, 0.1) is 50.5 Å². The average Bonchev–Trinajstić information content (AvgIpc) is 4.02. The number of aryl methyl sites for hydroxylation is 2. The minimum absolute atomic E-state index is 0.0151. The number of carbonyl (C=O) groups is 4. The third-order valence-electron chi connectivity index (χ3n) is 12.7. The number of nitrogens with one attached hydrogen (secondary N) is 2. The van der Waals surface area contributed by atoms with Crippen molar-refractivity contribution in [2.75, 3.05) is 20.4 Å². The quantitative estimate of drug-likeness (QED) is 0.0570. The van der Waals surface area contributed by atoms with E-state index in [1.807, 2.05) is 34.6 Å². The Morgan fingerprint density at radius 2 is 1.01 bits per heavy atom. The second-order valence-electron chi connectivity index (χ2n) is 18.4. The molecule has 6 aromatic carbocycles. The average molecular weight is 1060 g/mol. The Labute approximate surface area is 433 Å². The largest absolute Gasteiger partial charge is 0.495 e. The summed E-state index contributed by atoms with van der Waals surface area (Å²) in [4.78, 5) is 47.4. The van der Waals surface area contributed by atoms with Gasteiger partial charge in [0, 0.05) is 30.8 Å². The summed E-state index contributed by atoms with van der Waals surface area (Å²) in [5.41, 5.74) is 3.12. The molecule has 0 bridgehead atoms. The van der Waals surface area contributed by atoms with Crippen LogP contribution in [-0.4, -0.2) is 81.1 Å². The molecular formula is C55H49BF4N2O13S. The maximum absolute atomic E-state index is 15.8. The van der Waals surface area contributed by atoms with Gasteiger partial charge in [-0.25, -0.2) is 27.2 Å². The van der Waals surface area contributed by atoms with Gasteiger partial charge < -0.3 is 43.2 Å². The molecule has 15 nitrogen and oxygen atoms in total. The molecule has 1 saturated heterocycles. The molecule has 1 fully saturated rings. The van der Waals surface area contributed by atoms with Gasteiger partial charge in [-0.15, -0.1) is 0 Å². The Hall–Kier alpha value is -8.27. The topological polar surface area (TPSA) is 221 Å². The molecule has 0 radical (unpaired) electrons. The van der Waals surface area contributed by atoms with Crippen molar-refractivity contribution >= 4 is 68.4 Å². The maximum Gasteiger partial charge on any atom is 0.495 e. The first-order chi connectivity index (χ1) is 35.7. The number of amides is 2. The molecule has 3 heterocycles. The predicted octanol–water partition coefficient (Wildman–Crippen LogP) is 10.5. The standard InChI is InChI=1S/C24H17F2NO4.C17H13F2NO5S.C14H19BO4/c1-12-3-4-14(24(29)30)11-17(12)16-9-10-18-19(21(16)26)20(23(28)27-2)22(31-18)13-5-7-15(25)8-6-13;1-20-17(21)14-13-11(7-8-12(15(13)19)25-26(2,22)23)24-16(14)9-3-5-10(18)6-4-9;1-9-6-7-10(12(16)17)8-11(9)15-18-13(2,3)14(4,5)19-15/h3-11H,1-2H3,(H,27,28)(H,29,30);3-8H,1-2H3,(H,20,21);6-8H,1-5H3,(H,16,17). The molecule has 0 spiro atoms. The molecule has 76 heavy (non-hydrogen) atoms. The van der Waals surface area contributed by atoms with Gasteiger partial charge in [-0.3, -0.25) is 9.59 Å². The van der Waals surface area contributed by atoms with E-state index in [4.69, 9.17) is 23.2 Å². The zero-order valence-corrected chi connectivity index (χ0v) is 43.1. The van der Waals surface area contributed by atoms with E-state index >= 15 is 4.39 Å². The van der Waals surface area contributed by atoms with Crippen molar-refractivity contribution in [3.63, 3.8) is 0 Å². The van der Waals surface area contributed by atoms with Crippen LogP contribution in [0.5, 0.6) is 5.75 Å². The molecular weight excluding hydrogens is 1020 g/mol. The maximum atomic E-state index is 15.8. The van der Waals surface area contributed by atoms with E-state index in [0.717, 1.165) is 23.3 Å². The lowest BCUT2D eigenvalue weighted by molar-refractivity contribution is 0.00578. The van der Waals surface area contributed by atoms with Gasteiger partial charge in [-0.2, -0.15) is 8.42 Å². The number of hydrogen-bond acceptors (Lipinski definition) is 11. The number of halogens is 4. The molecule has 0 atom stereocenters. The molecule has 2 amide bonds. The Kier molecular flexibility index (Phi) is 15.7. The number of carboxylic acid groups (broad SMARTS) is 2. The molecule has 0 unspecified atom stereocenters. The smallest absolute Gasteiger partial charge is 0.478 e. The Morgan fingerprint density at radius 1 is 0.579 bits per heavy atom. The lowest BCUT2D eigenvalue weighted by Gasteiger charge is -2.32. The van der Waals surface area contributed by atoms with Crippen LogP contribution in [-0.2, 0) is 19.4 Å². The van der Waals surface area contributed by atoms with Gasteiger partial charge in [0.15, 0.2) is 11.6 Å². The summed E-state index contributed by atoms with van der Waals surface area (Å²) in [5.74, 6) is -6.42. The number of furan rings is 2. The van der Waals surface area contributed by atoms with Crippen molar-refractivity contribution < 1.29 is 77.7 Å². The van der Waals surface area contributed by atoms with Gasteiger partial charge in [-0.1, -0.05) is 17.7 Å². The van der Waals surface area contributed by atoms with Crippen LogP contribution in [0.1, 0.15) is 80.3 Å². The van der Waals surface area contributed by atoms with Crippen molar-refractivity contribution in [2.24, 2.45) is 0 Å². The fourth-order valence-electron chi connectivity index (χ4n) is 8.05. The summed E-state index contributed by atoms with van der Waals surface area (Å²) < 4.78 is 108. The van der Waals surface area contributed by atoms with E-state index in [2.05, 4.69) is 14.8 Å². The van der Waals surface area contributed by atoms with Crippen molar-refractivity contribution in [1.82, 2.24) is 10.6 Å². The summed E-state index contributed by atoms with van der Waals surface area (Å²) >= 11 is 0. The molecule has 9 rings (SSSR count). The number of hydrogen-bond donors (Lipinski definition) is 4. The molecule has 1 aliphatic rings. The Morgan fingerprint density at radius 3 is 1.46 bits per heavy atom. The van der Waals surface area contributed by atoms with Crippen LogP contribution in [0.3, 0.4) is 0 Å². The first-order valence-corrected chi connectivity index (χ1v) is 24.9. The summed E-state index contributed by atoms with van der Waals surface area (Å²) in [5, 5.41) is 23.0.